The third kappa shape index (κ3) is 29.6. The SMILES string of the molecule is C.C.C.C.C.CCC.N#Cc1ccc(OCOCOCOc2ccc(C#N)c(C#N)c2)cc1C#N.N#Cc1ccc([N+](=O)[O-])cc1C#N.OCO.OCOCOCO. The first-order valence-corrected chi connectivity index (χ1v) is 14.6. The minimum Gasteiger partial charge on any atom is -0.467 e. The Morgan fingerprint density at radius 2 is 0.810 bits per heavy atom. The second-order valence-electron chi connectivity index (χ2n) is 8.76. The molecule has 0 amide bonds. The van der Waals surface area contributed by atoms with Crippen molar-refractivity contribution >= 4 is 5.69 Å². The topological polar surface area (TPSA) is 322 Å². The van der Waals surface area contributed by atoms with Gasteiger partial charge in [-0.2, -0.15) is 31.6 Å². The van der Waals surface area contributed by atoms with E-state index in [1.807, 2.05) is 24.3 Å². The van der Waals surface area contributed by atoms with Gasteiger partial charge in [-0.25, -0.2) is 0 Å². The van der Waals surface area contributed by atoms with Gasteiger partial charge in [-0.05, 0) is 42.5 Å². The fraction of sp³-hybridized carbons (Fsp3) is 0.385. The van der Waals surface area contributed by atoms with Crippen molar-refractivity contribution in [3.8, 4) is 47.9 Å². The highest BCUT2D eigenvalue weighted by Crippen LogP contribution is 2.18. The van der Waals surface area contributed by atoms with E-state index in [-0.39, 0.29) is 117 Å². The molecule has 0 aliphatic heterocycles. The van der Waals surface area contributed by atoms with Crippen molar-refractivity contribution < 1.29 is 53.8 Å². The quantitative estimate of drug-likeness (QED) is 0.0638. The standard InChI is InChI=1S/C19H12N4O4.C8H3N3O2.C3H8O4.C3H8.CH4O2.5CH4/c20-7-14-1-3-18(5-16(14)9-22)26-12-24-11-25-13-27-19-4-2-15(8-21)17(6-19)10-23;9-4-6-1-2-8(11(12)13)3-7(6)5-10;4-1-6-3-7-2-5;1-3-2;2-1-3;;;;;/h1-6H,11-13H2;1-3H;4-5H,1-3H2;3H2,1-2H3;2-3H,1H2;5*1H4. The van der Waals surface area contributed by atoms with Gasteiger partial charge in [-0.15, -0.1) is 0 Å². The molecule has 318 valence electrons. The Hall–Kier alpha value is -6.72. The molecule has 0 aliphatic carbocycles. The normalized spacial score (nSPS) is 8.00. The van der Waals surface area contributed by atoms with Crippen molar-refractivity contribution in [2.24, 2.45) is 0 Å². The van der Waals surface area contributed by atoms with Gasteiger partial charge in [0.05, 0.1) is 38.3 Å². The third-order valence-corrected chi connectivity index (χ3v) is 5.05. The molecule has 0 radical (unpaired) electrons. The smallest absolute Gasteiger partial charge is 0.270 e. The Kier molecular flexibility index (Phi) is 50.9. The molecule has 0 aliphatic rings. The van der Waals surface area contributed by atoms with Crippen molar-refractivity contribution in [1.29, 1.82) is 31.6 Å². The molecule has 0 unspecified atom stereocenters. The molecular formula is C39H55N7O12. The lowest BCUT2D eigenvalue weighted by Gasteiger charge is -2.10. The number of ether oxygens (including phenoxy) is 6. The van der Waals surface area contributed by atoms with E-state index in [1.165, 1.54) is 42.8 Å². The Bertz CT molecular complexity index is 1700. The molecule has 4 N–H and O–H groups in total. The number of aliphatic hydroxyl groups is 4. The Labute approximate surface area is 341 Å². The molecule has 0 atom stereocenters. The molecule has 19 nitrogen and oxygen atoms in total. The number of hydrogen-bond donors (Lipinski definition) is 4. The van der Waals surface area contributed by atoms with Gasteiger partial charge in [0.1, 0.15) is 68.3 Å². The molecule has 3 aromatic rings. The minimum absolute atomic E-state index is 0. The summed E-state index contributed by atoms with van der Waals surface area (Å²) in [5.41, 5.74) is 0.972. The molecule has 0 spiro atoms. The second kappa shape index (κ2) is 44.7. The van der Waals surface area contributed by atoms with Crippen LogP contribution < -0.4 is 9.47 Å². The summed E-state index contributed by atoms with van der Waals surface area (Å²) in [6.07, 6.45) is 1.25. The number of nitrogens with zero attached hydrogens (tertiary/aromatic N) is 7. The lowest BCUT2D eigenvalue weighted by atomic mass is 10.1. The van der Waals surface area contributed by atoms with Crippen LogP contribution in [0.3, 0.4) is 0 Å². The van der Waals surface area contributed by atoms with Gasteiger partial charge in [-0.3, -0.25) is 10.1 Å². The number of nitro groups is 1. The molecule has 0 saturated heterocycles. The lowest BCUT2D eigenvalue weighted by molar-refractivity contribution is -0.384. The summed E-state index contributed by atoms with van der Waals surface area (Å²) in [5.74, 6) is 0.784. The van der Waals surface area contributed by atoms with Gasteiger partial charge in [-0.1, -0.05) is 57.4 Å². The minimum atomic E-state index is -0.750. The summed E-state index contributed by atoms with van der Waals surface area (Å²) < 4.78 is 29.3. The fourth-order valence-corrected chi connectivity index (χ4v) is 2.92. The molecule has 3 rings (SSSR count). The van der Waals surface area contributed by atoms with Crippen LogP contribution in [0.5, 0.6) is 11.5 Å². The summed E-state index contributed by atoms with van der Waals surface area (Å²) >= 11 is 0. The van der Waals surface area contributed by atoms with Crippen LogP contribution >= 0.6 is 0 Å². The molecule has 0 fully saturated rings. The highest BCUT2D eigenvalue weighted by molar-refractivity contribution is 5.52. The van der Waals surface area contributed by atoms with E-state index >= 15 is 0 Å². The summed E-state index contributed by atoms with van der Waals surface area (Å²) in [6.45, 7) is 2.34. The zero-order valence-corrected chi connectivity index (χ0v) is 28.5. The third-order valence-electron chi connectivity index (χ3n) is 5.05. The lowest BCUT2D eigenvalue weighted by Crippen LogP contribution is -2.10. The first-order chi connectivity index (χ1) is 25.6. The van der Waals surface area contributed by atoms with Crippen molar-refractivity contribution in [3.63, 3.8) is 0 Å². The van der Waals surface area contributed by atoms with E-state index in [4.69, 9.17) is 70.9 Å². The summed E-state index contributed by atoms with van der Waals surface area (Å²) in [4.78, 5) is 9.67. The maximum Gasteiger partial charge on any atom is 0.270 e. The van der Waals surface area contributed by atoms with E-state index in [0.717, 1.165) is 6.07 Å². The first-order valence-electron chi connectivity index (χ1n) is 14.6. The predicted molar refractivity (Wildman–Crippen MR) is 212 cm³/mol. The Morgan fingerprint density at radius 3 is 1.10 bits per heavy atom. The molecule has 19 heteroatoms. The van der Waals surface area contributed by atoms with E-state index in [0.29, 0.717) is 11.5 Å². The number of nitriles is 6. The number of non-ortho nitro benzene ring substituents is 1. The summed E-state index contributed by atoms with van der Waals surface area (Å²) in [7, 11) is 0. The molecule has 0 bridgehead atoms. The van der Waals surface area contributed by atoms with Crippen molar-refractivity contribution in [3.05, 3.63) is 98.1 Å². The van der Waals surface area contributed by atoms with E-state index in [2.05, 4.69) is 23.3 Å². The maximum absolute atomic E-state index is 10.3. The zero-order valence-electron chi connectivity index (χ0n) is 28.5. The van der Waals surface area contributed by atoms with Crippen LogP contribution in [0.25, 0.3) is 0 Å². The van der Waals surface area contributed by atoms with Crippen LogP contribution in [0, 0.1) is 78.1 Å². The molecule has 3 aromatic carbocycles. The fourth-order valence-electron chi connectivity index (χ4n) is 2.92. The van der Waals surface area contributed by atoms with Gasteiger partial charge < -0.3 is 48.8 Å². The van der Waals surface area contributed by atoms with Crippen LogP contribution in [0.2, 0.25) is 0 Å². The van der Waals surface area contributed by atoms with Crippen molar-refractivity contribution in [2.75, 3.05) is 47.6 Å². The molecule has 0 aromatic heterocycles. The molecule has 0 heterocycles. The van der Waals surface area contributed by atoms with Gasteiger partial charge in [0.25, 0.3) is 5.69 Å². The predicted octanol–water partition coefficient (Wildman–Crippen LogP) is 6.28. The number of rotatable bonds is 13. The number of hydrogen-bond acceptors (Lipinski definition) is 18. The Balaban J connectivity index is -0.000000141. The number of aliphatic hydroxyl groups excluding tert-OH is 3. The van der Waals surface area contributed by atoms with Crippen LogP contribution in [0.1, 0.15) is 90.8 Å². The second-order valence-corrected chi connectivity index (χ2v) is 8.76. The van der Waals surface area contributed by atoms with E-state index in [9.17, 15) is 10.1 Å². The van der Waals surface area contributed by atoms with E-state index < -0.39 is 11.7 Å². The van der Waals surface area contributed by atoms with Crippen LogP contribution in [0.15, 0.2) is 54.6 Å². The molecule has 58 heavy (non-hydrogen) atoms. The van der Waals surface area contributed by atoms with Crippen LogP contribution in [-0.2, 0) is 18.9 Å². The Morgan fingerprint density at radius 1 is 0.517 bits per heavy atom. The zero-order chi connectivity index (χ0) is 40.3. The molecular weight excluding hydrogens is 758 g/mol. The monoisotopic (exact) mass is 813 g/mol. The highest BCUT2D eigenvalue weighted by atomic mass is 16.8. The average Bonchev–Trinajstić information content (AvgIpc) is 3.18. The van der Waals surface area contributed by atoms with Crippen molar-refractivity contribution in [2.45, 2.75) is 57.4 Å². The van der Waals surface area contributed by atoms with Crippen molar-refractivity contribution in [1.82, 2.24) is 0 Å². The van der Waals surface area contributed by atoms with Gasteiger partial charge in [0, 0.05) is 12.1 Å². The van der Waals surface area contributed by atoms with Gasteiger partial charge >= 0.3 is 0 Å². The maximum atomic E-state index is 10.3. The number of benzene rings is 3. The van der Waals surface area contributed by atoms with E-state index in [1.54, 1.807) is 24.3 Å². The van der Waals surface area contributed by atoms with Crippen LogP contribution in [0.4, 0.5) is 5.69 Å². The summed E-state index contributed by atoms with van der Waals surface area (Å²) in [6, 6.07) is 23.7. The van der Waals surface area contributed by atoms with Gasteiger partial charge in [0.2, 0.25) is 0 Å². The summed E-state index contributed by atoms with van der Waals surface area (Å²) in [5, 5.41) is 93.0. The highest BCUT2D eigenvalue weighted by Gasteiger charge is 2.09. The first kappa shape index (κ1) is 66.1. The number of nitro benzene ring substituents is 1. The molecule has 0 saturated carbocycles. The van der Waals surface area contributed by atoms with Gasteiger partial charge in [0.15, 0.2) is 27.2 Å². The van der Waals surface area contributed by atoms with Crippen LogP contribution in [-0.4, -0.2) is 72.9 Å². The largest absolute Gasteiger partial charge is 0.467 e. The average molecular weight is 814 g/mol.